The van der Waals surface area contributed by atoms with E-state index in [1.54, 1.807) is 0 Å². The summed E-state index contributed by atoms with van der Waals surface area (Å²) in [5, 5.41) is 4.74. The molecule has 1 rings (SSSR count). The van der Waals surface area contributed by atoms with E-state index in [-0.39, 0.29) is 6.04 Å². The van der Waals surface area contributed by atoms with Crippen molar-refractivity contribution in [2.45, 2.75) is 12.5 Å². The largest absolute Gasteiger partial charge is 0.351 e. The van der Waals surface area contributed by atoms with Gasteiger partial charge in [-0.15, -0.1) is 0 Å². The maximum atomic E-state index is 11.0. The lowest BCUT2D eigenvalue weighted by Gasteiger charge is -2.08. The molecule has 1 saturated heterocycles. The number of likely N-dealkylation sites (N-methyl/N-ethyl adjacent to an activating group) is 1. The molecule has 1 fully saturated rings. The Morgan fingerprint density at radius 3 is 2.54 bits per heavy atom. The van der Waals surface area contributed by atoms with E-state index in [1.165, 1.54) is 7.05 Å². The first-order valence-corrected chi connectivity index (χ1v) is 5.50. The molecule has 0 aromatic carbocycles. The zero-order valence-corrected chi connectivity index (χ0v) is 8.15. The fourth-order valence-corrected chi connectivity index (χ4v) is 2.56. The molecule has 1 heterocycles. The molecule has 0 aromatic rings. The van der Waals surface area contributed by atoms with Crippen molar-refractivity contribution in [3.63, 3.8) is 0 Å². The molecule has 2 atom stereocenters. The first kappa shape index (κ1) is 10.2. The summed E-state index contributed by atoms with van der Waals surface area (Å²) in [5.41, 5.74) is 0. The van der Waals surface area contributed by atoms with Crippen molar-refractivity contribution in [3.8, 4) is 0 Å². The molecule has 74 valence electrons. The Balaban J connectivity index is 2.37. The Morgan fingerprint density at radius 2 is 2.08 bits per heavy atom. The van der Waals surface area contributed by atoms with E-state index in [1.807, 2.05) is 0 Å². The standard InChI is InChI=1S/C7H12N2O3S/c1-8-6(10)7(11)9-5-2-3-13(12)4-5/h5H,2-4H2,1H3,(H,8,10)(H,9,11). The van der Waals surface area contributed by atoms with Gasteiger partial charge in [-0.1, -0.05) is 0 Å². The summed E-state index contributed by atoms with van der Waals surface area (Å²) < 4.78 is 10.9. The highest BCUT2D eigenvalue weighted by Gasteiger charge is 2.24. The minimum Gasteiger partial charge on any atom is -0.351 e. The average Bonchev–Trinajstić information content (AvgIpc) is 2.49. The lowest BCUT2D eigenvalue weighted by Crippen LogP contribution is -2.43. The molecule has 0 spiro atoms. The highest BCUT2D eigenvalue weighted by atomic mass is 32.2. The minimum absolute atomic E-state index is 0.106. The van der Waals surface area contributed by atoms with Crippen LogP contribution in [0.5, 0.6) is 0 Å². The Morgan fingerprint density at radius 1 is 1.38 bits per heavy atom. The molecular formula is C7H12N2O3S. The molecule has 2 N–H and O–H groups in total. The van der Waals surface area contributed by atoms with Crippen LogP contribution in [0, 0.1) is 0 Å². The number of hydrogen-bond donors (Lipinski definition) is 2. The second-order valence-corrected chi connectivity index (χ2v) is 4.47. The highest BCUT2D eigenvalue weighted by molar-refractivity contribution is 7.85. The van der Waals surface area contributed by atoms with Crippen LogP contribution >= 0.6 is 0 Å². The molecule has 1 aliphatic rings. The van der Waals surface area contributed by atoms with Crippen molar-refractivity contribution in [3.05, 3.63) is 0 Å². The van der Waals surface area contributed by atoms with E-state index in [0.717, 1.165) is 0 Å². The maximum absolute atomic E-state index is 11.0. The van der Waals surface area contributed by atoms with Gasteiger partial charge in [-0.2, -0.15) is 0 Å². The zero-order valence-electron chi connectivity index (χ0n) is 7.33. The first-order valence-electron chi connectivity index (χ1n) is 4.01. The normalized spacial score (nSPS) is 26.8. The zero-order chi connectivity index (χ0) is 9.84. The number of carbonyl (C=O) groups is 2. The van der Waals surface area contributed by atoms with Gasteiger partial charge in [-0.25, -0.2) is 0 Å². The molecule has 5 nitrogen and oxygen atoms in total. The van der Waals surface area contributed by atoms with E-state index in [4.69, 9.17) is 0 Å². The van der Waals surface area contributed by atoms with Gasteiger partial charge in [-0.05, 0) is 6.42 Å². The molecule has 0 radical (unpaired) electrons. The fraction of sp³-hybridized carbons (Fsp3) is 0.714. The molecule has 13 heavy (non-hydrogen) atoms. The molecule has 2 amide bonds. The van der Waals surface area contributed by atoms with Gasteiger partial charge < -0.3 is 10.6 Å². The molecule has 0 aromatic heterocycles. The Bertz CT molecular complexity index is 254. The second-order valence-electron chi connectivity index (χ2n) is 2.85. The van der Waals surface area contributed by atoms with E-state index in [2.05, 4.69) is 10.6 Å². The summed E-state index contributed by atoms with van der Waals surface area (Å²) in [6.45, 7) is 0. The molecule has 1 aliphatic heterocycles. The smallest absolute Gasteiger partial charge is 0.309 e. The summed E-state index contributed by atoms with van der Waals surface area (Å²) in [6, 6.07) is -0.106. The van der Waals surface area contributed by atoms with Crippen LogP contribution < -0.4 is 10.6 Å². The third kappa shape index (κ3) is 2.80. The van der Waals surface area contributed by atoms with Crippen LogP contribution in [0.2, 0.25) is 0 Å². The Kier molecular flexibility index (Phi) is 3.41. The van der Waals surface area contributed by atoms with Crippen LogP contribution in [0.3, 0.4) is 0 Å². The van der Waals surface area contributed by atoms with Gasteiger partial charge >= 0.3 is 11.8 Å². The van der Waals surface area contributed by atoms with Crippen molar-refractivity contribution >= 4 is 22.6 Å². The summed E-state index contributed by atoms with van der Waals surface area (Å²) in [4.78, 5) is 21.8. The Hall–Kier alpha value is -0.910. The molecule has 0 saturated carbocycles. The van der Waals surface area contributed by atoms with Crippen LogP contribution in [0.1, 0.15) is 6.42 Å². The predicted octanol–water partition coefficient (Wildman–Crippen LogP) is -1.63. The summed E-state index contributed by atoms with van der Waals surface area (Å²) in [7, 11) is 0.567. The highest BCUT2D eigenvalue weighted by Crippen LogP contribution is 2.06. The summed E-state index contributed by atoms with van der Waals surface area (Å²) in [5.74, 6) is -0.231. The number of rotatable bonds is 1. The van der Waals surface area contributed by atoms with Crippen LogP contribution in [-0.2, 0) is 20.4 Å². The van der Waals surface area contributed by atoms with Crippen LogP contribution in [0.15, 0.2) is 0 Å². The minimum atomic E-state index is -0.831. The number of hydrogen-bond acceptors (Lipinski definition) is 3. The van der Waals surface area contributed by atoms with Gasteiger partial charge in [0, 0.05) is 35.4 Å². The van der Waals surface area contributed by atoms with Crippen molar-refractivity contribution in [2.75, 3.05) is 18.6 Å². The molecule has 6 heteroatoms. The quantitative estimate of drug-likeness (QED) is 0.503. The fourth-order valence-electron chi connectivity index (χ4n) is 1.14. The lowest BCUT2D eigenvalue weighted by molar-refractivity contribution is -0.139. The van der Waals surface area contributed by atoms with Gasteiger partial charge in [0.2, 0.25) is 0 Å². The third-order valence-corrected chi connectivity index (χ3v) is 3.31. The summed E-state index contributed by atoms with van der Waals surface area (Å²) in [6.07, 6.45) is 0.690. The van der Waals surface area contributed by atoms with Crippen LogP contribution in [0.4, 0.5) is 0 Å². The average molecular weight is 204 g/mol. The molecule has 0 bridgehead atoms. The summed E-state index contributed by atoms with van der Waals surface area (Å²) >= 11 is 0. The topological polar surface area (TPSA) is 75.3 Å². The maximum Gasteiger partial charge on any atom is 0.309 e. The van der Waals surface area contributed by atoms with Crippen molar-refractivity contribution < 1.29 is 13.8 Å². The number of amides is 2. The second kappa shape index (κ2) is 4.36. The van der Waals surface area contributed by atoms with Crippen molar-refractivity contribution in [2.24, 2.45) is 0 Å². The van der Waals surface area contributed by atoms with Gasteiger partial charge in [0.25, 0.3) is 0 Å². The van der Waals surface area contributed by atoms with E-state index >= 15 is 0 Å². The molecular weight excluding hydrogens is 192 g/mol. The SMILES string of the molecule is CNC(=O)C(=O)NC1CCS(=O)C1. The van der Waals surface area contributed by atoms with Crippen molar-refractivity contribution in [1.29, 1.82) is 0 Å². The number of carbonyl (C=O) groups excluding carboxylic acids is 2. The van der Waals surface area contributed by atoms with Crippen LogP contribution in [-0.4, -0.2) is 40.6 Å². The van der Waals surface area contributed by atoms with E-state index in [9.17, 15) is 13.8 Å². The van der Waals surface area contributed by atoms with E-state index in [0.29, 0.717) is 17.9 Å². The van der Waals surface area contributed by atoms with Gasteiger partial charge in [0.1, 0.15) is 0 Å². The third-order valence-electron chi connectivity index (χ3n) is 1.85. The first-order chi connectivity index (χ1) is 6.13. The monoisotopic (exact) mass is 204 g/mol. The van der Waals surface area contributed by atoms with Gasteiger partial charge in [0.05, 0.1) is 0 Å². The van der Waals surface area contributed by atoms with Gasteiger partial charge in [-0.3, -0.25) is 13.8 Å². The molecule has 0 aliphatic carbocycles. The lowest BCUT2D eigenvalue weighted by atomic mass is 10.2. The predicted molar refractivity (Wildman–Crippen MR) is 48.5 cm³/mol. The van der Waals surface area contributed by atoms with Gasteiger partial charge in [0.15, 0.2) is 0 Å². The molecule has 2 unspecified atom stereocenters. The van der Waals surface area contributed by atoms with Crippen LogP contribution in [0.25, 0.3) is 0 Å². The Labute approximate surface area is 78.7 Å². The number of nitrogens with one attached hydrogen (secondary N) is 2. The van der Waals surface area contributed by atoms with E-state index < -0.39 is 22.6 Å². The van der Waals surface area contributed by atoms with Crippen molar-refractivity contribution in [1.82, 2.24) is 10.6 Å².